The van der Waals surface area contributed by atoms with Gasteiger partial charge in [-0.1, -0.05) is 23.3 Å². The average molecular weight is 217 g/mol. The highest BCUT2D eigenvalue weighted by atomic mass is 16.1. The maximum atomic E-state index is 11.2. The topological polar surface area (TPSA) is 86.7 Å². The number of Topliss-reactive ketones (excluding diaryl/α,β-unsaturated/α-hetero) is 1. The van der Waals surface area contributed by atoms with Gasteiger partial charge in [-0.25, -0.2) is 0 Å². The molecule has 0 aliphatic carbocycles. The zero-order valence-electron chi connectivity index (χ0n) is 8.79. The first kappa shape index (κ1) is 10.3. The summed E-state index contributed by atoms with van der Waals surface area (Å²) in [6.07, 6.45) is 0. The number of anilines is 1. The lowest BCUT2D eigenvalue weighted by Crippen LogP contribution is -2.05. The standard InChI is InChI=1S/C10H11N5O/c1-7(16)9-4-2-3-8(5-9)6-15-13-10(11)12-14-15/h2-5H,6H2,1H3,(H2,11,13). The highest BCUT2D eigenvalue weighted by molar-refractivity contribution is 5.94. The summed E-state index contributed by atoms with van der Waals surface area (Å²) < 4.78 is 0. The molecule has 0 fully saturated rings. The van der Waals surface area contributed by atoms with Crippen LogP contribution in [0, 0.1) is 0 Å². The molecule has 0 saturated heterocycles. The van der Waals surface area contributed by atoms with E-state index in [2.05, 4.69) is 15.4 Å². The van der Waals surface area contributed by atoms with Gasteiger partial charge in [-0.2, -0.15) is 4.80 Å². The third-order valence-corrected chi connectivity index (χ3v) is 2.13. The summed E-state index contributed by atoms with van der Waals surface area (Å²) in [5.41, 5.74) is 6.96. The summed E-state index contributed by atoms with van der Waals surface area (Å²) in [7, 11) is 0. The van der Waals surface area contributed by atoms with Gasteiger partial charge in [0.15, 0.2) is 5.78 Å². The van der Waals surface area contributed by atoms with E-state index in [1.165, 1.54) is 11.7 Å². The van der Waals surface area contributed by atoms with E-state index in [1.807, 2.05) is 18.2 Å². The van der Waals surface area contributed by atoms with Gasteiger partial charge in [0.2, 0.25) is 0 Å². The van der Waals surface area contributed by atoms with E-state index >= 15 is 0 Å². The molecular formula is C10H11N5O. The number of hydrogen-bond donors (Lipinski definition) is 1. The van der Waals surface area contributed by atoms with Crippen LogP contribution >= 0.6 is 0 Å². The monoisotopic (exact) mass is 217 g/mol. The first-order chi connectivity index (χ1) is 7.65. The van der Waals surface area contributed by atoms with Crippen LogP contribution in [0.4, 0.5) is 5.95 Å². The van der Waals surface area contributed by atoms with Crippen molar-refractivity contribution in [3.63, 3.8) is 0 Å². The number of carbonyl (C=O) groups is 1. The van der Waals surface area contributed by atoms with Crippen LogP contribution in [0.5, 0.6) is 0 Å². The highest BCUT2D eigenvalue weighted by Crippen LogP contribution is 2.07. The number of tetrazole rings is 1. The van der Waals surface area contributed by atoms with Crippen molar-refractivity contribution in [2.24, 2.45) is 0 Å². The molecule has 2 rings (SSSR count). The Bertz CT molecular complexity index is 519. The van der Waals surface area contributed by atoms with Gasteiger partial charge in [0.05, 0.1) is 6.54 Å². The lowest BCUT2D eigenvalue weighted by molar-refractivity contribution is 0.101. The largest absolute Gasteiger partial charge is 0.365 e. The van der Waals surface area contributed by atoms with Gasteiger partial charge >= 0.3 is 0 Å². The molecule has 2 aromatic rings. The minimum absolute atomic E-state index is 0.0351. The second-order valence-electron chi connectivity index (χ2n) is 3.43. The third-order valence-electron chi connectivity index (χ3n) is 2.13. The maximum absolute atomic E-state index is 11.2. The van der Waals surface area contributed by atoms with Gasteiger partial charge in [-0.3, -0.25) is 4.79 Å². The third kappa shape index (κ3) is 2.22. The van der Waals surface area contributed by atoms with Gasteiger partial charge in [0, 0.05) is 5.56 Å². The fraction of sp³-hybridized carbons (Fsp3) is 0.200. The maximum Gasteiger partial charge on any atom is 0.260 e. The van der Waals surface area contributed by atoms with Crippen molar-refractivity contribution >= 4 is 11.7 Å². The lowest BCUT2D eigenvalue weighted by Gasteiger charge is -2.01. The first-order valence-electron chi connectivity index (χ1n) is 4.78. The Balaban J connectivity index is 2.21. The molecule has 0 aliphatic rings. The number of nitrogen functional groups attached to an aromatic ring is 1. The number of aromatic nitrogens is 4. The van der Waals surface area contributed by atoms with Gasteiger partial charge in [0.25, 0.3) is 5.95 Å². The minimum Gasteiger partial charge on any atom is -0.365 e. The minimum atomic E-state index is 0.0351. The lowest BCUT2D eigenvalue weighted by atomic mass is 10.1. The van der Waals surface area contributed by atoms with Gasteiger partial charge in [0.1, 0.15) is 0 Å². The summed E-state index contributed by atoms with van der Waals surface area (Å²) in [6, 6.07) is 7.30. The van der Waals surface area contributed by atoms with E-state index < -0.39 is 0 Å². The molecule has 82 valence electrons. The molecule has 0 unspecified atom stereocenters. The normalized spacial score (nSPS) is 10.3. The molecule has 0 atom stereocenters. The molecule has 0 aliphatic heterocycles. The quantitative estimate of drug-likeness (QED) is 0.757. The fourth-order valence-corrected chi connectivity index (χ4v) is 1.37. The Hall–Kier alpha value is -2.24. The van der Waals surface area contributed by atoms with E-state index in [9.17, 15) is 4.79 Å². The number of benzene rings is 1. The first-order valence-corrected chi connectivity index (χ1v) is 4.78. The predicted molar refractivity (Wildman–Crippen MR) is 57.8 cm³/mol. The molecule has 0 bridgehead atoms. The van der Waals surface area contributed by atoms with Crippen LogP contribution in [0.15, 0.2) is 24.3 Å². The Morgan fingerprint density at radius 2 is 2.31 bits per heavy atom. The Morgan fingerprint density at radius 3 is 2.94 bits per heavy atom. The van der Waals surface area contributed by atoms with Gasteiger partial charge in [-0.15, -0.1) is 5.10 Å². The molecule has 0 saturated carbocycles. The van der Waals surface area contributed by atoms with Gasteiger partial charge in [-0.05, 0) is 23.8 Å². The molecule has 6 heteroatoms. The predicted octanol–water partition coefficient (Wildman–Crippen LogP) is 0.506. The number of ketones is 1. The van der Waals surface area contributed by atoms with E-state index in [0.717, 1.165) is 5.56 Å². The van der Waals surface area contributed by atoms with Crippen molar-refractivity contribution in [3.05, 3.63) is 35.4 Å². The van der Waals surface area contributed by atoms with Crippen LogP contribution in [-0.4, -0.2) is 26.0 Å². The Kier molecular flexibility index (Phi) is 2.63. The molecule has 0 spiro atoms. The van der Waals surface area contributed by atoms with E-state index in [-0.39, 0.29) is 11.7 Å². The molecule has 2 N–H and O–H groups in total. The second kappa shape index (κ2) is 4.09. The van der Waals surface area contributed by atoms with Crippen molar-refractivity contribution in [2.75, 3.05) is 5.73 Å². The summed E-state index contributed by atoms with van der Waals surface area (Å²) >= 11 is 0. The Labute approximate surface area is 92.1 Å². The molecule has 0 radical (unpaired) electrons. The van der Waals surface area contributed by atoms with Crippen LogP contribution < -0.4 is 5.73 Å². The van der Waals surface area contributed by atoms with Gasteiger partial charge < -0.3 is 5.73 Å². The molecular weight excluding hydrogens is 206 g/mol. The highest BCUT2D eigenvalue weighted by Gasteiger charge is 2.03. The van der Waals surface area contributed by atoms with Crippen molar-refractivity contribution < 1.29 is 4.79 Å². The van der Waals surface area contributed by atoms with Crippen LogP contribution in [0.3, 0.4) is 0 Å². The van der Waals surface area contributed by atoms with Crippen molar-refractivity contribution in [1.82, 2.24) is 20.2 Å². The van der Waals surface area contributed by atoms with E-state index in [0.29, 0.717) is 12.1 Å². The Morgan fingerprint density at radius 1 is 1.50 bits per heavy atom. The zero-order valence-corrected chi connectivity index (χ0v) is 8.79. The number of rotatable bonds is 3. The molecule has 1 aromatic heterocycles. The average Bonchev–Trinajstić information content (AvgIpc) is 2.64. The fourth-order valence-electron chi connectivity index (χ4n) is 1.37. The smallest absolute Gasteiger partial charge is 0.260 e. The molecule has 0 amide bonds. The van der Waals surface area contributed by atoms with Crippen LogP contribution in [-0.2, 0) is 6.54 Å². The second-order valence-corrected chi connectivity index (χ2v) is 3.43. The van der Waals surface area contributed by atoms with E-state index in [4.69, 9.17) is 5.73 Å². The summed E-state index contributed by atoms with van der Waals surface area (Å²) in [5, 5.41) is 11.2. The van der Waals surface area contributed by atoms with Crippen LogP contribution in [0.25, 0.3) is 0 Å². The SMILES string of the molecule is CC(=O)c1cccc(Cn2nnc(N)n2)c1. The molecule has 1 heterocycles. The molecule has 6 nitrogen and oxygen atoms in total. The van der Waals surface area contributed by atoms with Crippen molar-refractivity contribution in [1.29, 1.82) is 0 Å². The zero-order chi connectivity index (χ0) is 11.5. The van der Waals surface area contributed by atoms with Crippen LogP contribution in [0.1, 0.15) is 22.8 Å². The molecule has 16 heavy (non-hydrogen) atoms. The van der Waals surface area contributed by atoms with E-state index in [1.54, 1.807) is 6.07 Å². The molecule has 1 aromatic carbocycles. The van der Waals surface area contributed by atoms with Crippen molar-refractivity contribution in [2.45, 2.75) is 13.5 Å². The summed E-state index contributed by atoms with van der Waals surface area (Å²) in [5.74, 6) is 0.177. The number of hydrogen-bond acceptors (Lipinski definition) is 5. The number of nitrogens with zero attached hydrogens (tertiary/aromatic N) is 4. The van der Waals surface area contributed by atoms with Crippen molar-refractivity contribution in [3.8, 4) is 0 Å². The number of carbonyl (C=O) groups excluding carboxylic acids is 1. The summed E-state index contributed by atoms with van der Waals surface area (Å²) in [4.78, 5) is 12.6. The van der Waals surface area contributed by atoms with Crippen LogP contribution in [0.2, 0.25) is 0 Å². The summed E-state index contributed by atoms with van der Waals surface area (Å²) in [6.45, 7) is 1.98. The number of nitrogens with two attached hydrogens (primary N) is 1.